The summed E-state index contributed by atoms with van der Waals surface area (Å²) < 4.78 is 0. The number of hydrogen-bond donors (Lipinski definition) is 1. The molecule has 1 N–H and O–H groups in total. The van der Waals surface area contributed by atoms with Gasteiger partial charge in [-0.2, -0.15) is 0 Å². The van der Waals surface area contributed by atoms with Crippen molar-refractivity contribution in [3.63, 3.8) is 0 Å². The van der Waals surface area contributed by atoms with Crippen molar-refractivity contribution < 1.29 is 14.4 Å². The molecule has 0 spiro atoms. The predicted octanol–water partition coefficient (Wildman–Crippen LogP) is 3.89. The van der Waals surface area contributed by atoms with Gasteiger partial charge in [-0.3, -0.25) is 19.3 Å². The third-order valence-corrected chi connectivity index (χ3v) is 5.46. The van der Waals surface area contributed by atoms with Crippen LogP contribution in [0.25, 0.3) is 21.5 Å². The summed E-state index contributed by atoms with van der Waals surface area (Å²) in [6.45, 7) is 2.83. The molecule has 6 nitrogen and oxygen atoms in total. The summed E-state index contributed by atoms with van der Waals surface area (Å²) >= 11 is 0. The fraction of sp³-hybridized carbons (Fsp3) is 0.292. The molecule has 0 fully saturated rings. The maximum atomic E-state index is 13.6. The SMILES string of the molecule is CCCC(=O)Nc1cccc2cc3cccc4c3c(c12)C(=O)N(CCN(C)C)C4=O. The van der Waals surface area contributed by atoms with E-state index >= 15 is 0 Å². The van der Waals surface area contributed by atoms with Crippen LogP contribution in [0.4, 0.5) is 5.69 Å². The Balaban J connectivity index is 1.98. The number of carbonyl (C=O) groups is 3. The minimum absolute atomic E-state index is 0.0885. The summed E-state index contributed by atoms with van der Waals surface area (Å²) in [5.74, 6) is -0.672. The number of benzene rings is 3. The van der Waals surface area contributed by atoms with Crippen LogP contribution in [0, 0.1) is 0 Å². The van der Waals surface area contributed by atoms with E-state index in [2.05, 4.69) is 5.32 Å². The Labute approximate surface area is 175 Å². The first-order valence-corrected chi connectivity index (χ1v) is 10.2. The highest BCUT2D eigenvalue weighted by Crippen LogP contribution is 2.38. The summed E-state index contributed by atoms with van der Waals surface area (Å²) in [4.78, 5) is 42.3. The molecule has 4 rings (SSSR count). The Morgan fingerprint density at radius 1 is 1.00 bits per heavy atom. The average molecular weight is 403 g/mol. The number of nitrogens with zero attached hydrogens (tertiary/aromatic N) is 2. The molecule has 154 valence electrons. The van der Waals surface area contributed by atoms with Gasteiger partial charge in [-0.05, 0) is 49.5 Å². The Morgan fingerprint density at radius 2 is 1.70 bits per heavy atom. The average Bonchev–Trinajstić information content (AvgIpc) is 2.70. The molecule has 1 heterocycles. The van der Waals surface area contributed by atoms with Crippen molar-refractivity contribution >= 4 is 45.0 Å². The maximum Gasteiger partial charge on any atom is 0.262 e. The lowest BCUT2D eigenvalue weighted by Crippen LogP contribution is -2.43. The molecular weight excluding hydrogens is 378 g/mol. The van der Waals surface area contributed by atoms with Crippen LogP contribution in [0.15, 0.2) is 42.5 Å². The Morgan fingerprint density at radius 3 is 2.40 bits per heavy atom. The monoisotopic (exact) mass is 403 g/mol. The van der Waals surface area contributed by atoms with Crippen molar-refractivity contribution in [1.82, 2.24) is 9.80 Å². The number of amides is 3. The molecule has 0 aromatic heterocycles. The molecule has 0 radical (unpaired) electrons. The third-order valence-electron chi connectivity index (χ3n) is 5.46. The predicted molar refractivity (Wildman–Crippen MR) is 119 cm³/mol. The van der Waals surface area contributed by atoms with E-state index in [1.807, 2.05) is 62.3 Å². The number of anilines is 1. The normalized spacial score (nSPS) is 13.5. The zero-order chi connectivity index (χ0) is 21.4. The molecule has 3 aromatic rings. The lowest BCUT2D eigenvalue weighted by molar-refractivity contribution is -0.116. The van der Waals surface area contributed by atoms with Crippen molar-refractivity contribution in [2.24, 2.45) is 0 Å². The lowest BCUT2D eigenvalue weighted by Gasteiger charge is -2.29. The highest BCUT2D eigenvalue weighted by atomic mass is 16.2. The molecule has 3 amide bonds. The molecule has 1 aliphatic heterocycles. The van der Waals surface area contributed by atoms with E-state index in [-0.39, 0.29) is 17.7 Å². The molecular formula is C24H25N3O3. The van der Waals surface area contributed by atoms with E-state index in [9.17, 15) is 14.4 Å². The van der Waals surface area contributed by atoms with Gasteiger partial charge < -0.3 is 10.2 Å². The molecule has 3 aromatic carbocycles. The zero-order valence-electron chi connectivity index (χ0n) is 17.5. The third kappa shape index (κ3) is 3.33. The quantitative estimate of drug-likeness (QED) is 0.501. The smallest absolute Gasteiger partial charge is 0.262 e. The van der Waals surface area contributed by atoms with E-state index in [0.717, 1.165) is 17.2 Å². The molecule has 0 unspecified atom stereocenters. The maximum absolute atomic E-state index is 13.6. The zero-order valence-corrected chi connectivity index (χ0v) is 17.5. The molecule has 1 aliphatic rings. The highest BCUT2D eigenvalue weighted by molar-refractivity contribution is 6.32. The number of likely N-dealkylation sites (N-methyl/N-ethyl adjacent to an activating group) is 1. The van der Waals surface area contributed by atoms with E-state index in [0.29, 0.717) is 47.1 Å². The van der Waals surface area contributed by atoms with Gasteiger partial charge in [0.2, 0.25) is 5.91 Å². The molecule has 0 saturated carbocycles. The lowest BCUT2D eigenvalue weighted by atomic mass is 9.89. The molecule has 0 bridgehead atoms. The van der Waals surface area contributed by atoms with E-state index in [1.54, 1.807) is 6.07 Å². The van der Waals surface area contributed by atoms with Gasteiger partial charge in [0.15, 0.2) is 0 Å². The van der Waals surface area contributed by atoms with Crippen LogP contribution in [0.1, 0.15) is 40.5 Å². The molecule has 30 heavy (non-hydrogen) atoms. The van der Waals surface area contributed by atoms with Gasteiger partial charge >= 0.3 is 0 Å². The van der Waals surface area contributed by atoms with E-state index in [1.165, 1.54) is 4.90 Å². The van der Waals surface area contributed by atoms with E-state index in [4.69, 9.17) is 0 Å². The fourth-order valence-corrected chi connectivity index (χ4v) is 4.04. The number of fused-ring (bicyclic) bond motifs is 2. The Hall–Kier alpha value is -3.25. The van der Waals surface area contributed by atoms with Crippen LogP contribution in [0.2, 0.25) is 0 Å². The van der Waals surface area contributed by atoms with Gasteiger partial charge in [0.05, 0.1) is 5.56 Å². The van der Waals surface area contributed by atoms with Gasteiger partial charge in [-0.1, -0.05) is 31.2 Å². The molecule has 0 atom stereocenters. The molecule has 6 heteroatoms. The van der Waals surface area contributed by atoms with Crippen molar-refractivity contribution in [3.8, 4) is 0 Å². The number of imide groups is 1. The second-order valence-corrected chi connectivity index (χ2v) is 7.92. The van der Waals surface area contributed by atoms with Crippen molar-refractivity contribution in [2.45, 2.75) is 19.8 Å². The van der Waals surface area contributed by atoms with Crippen LogP contribution in [0.3, 0.4) is 0 Å². The van der Waals surface area contributed by atoms with Crippen LogP contribution in [-0.4, -0.2) is 54.7 Å². The largest absolute Gasteiger partial charge is 0.325 e. The van der Waals surface area contributed by atoms with Crippen LogP contribution < -0.4 is 5.32 Å². The fourth-order valence-electron chi connectivity index (χ4n) is 4.04. The number of carbonyl (C=O) groups excluding carboxylic acids is 3. The summed E-state index contributed by atoms with van der Waals surface area (Å²) in [5, 5.41) is 6.03. The summed E-state index contributed by atoms with van der Waals surface area (Å²) in [6.07, 6.45) is 1.15. The van der Waals surface area contributed by atoms with Gasteiger partial charge in [-0.25, -0.2) is 0 Å². The number of nitrogens with one attached hydrogen (secondary N) is 1. The minimum atomic E-state index is -0.312. The van der Waals surface area contributed by atoms with E-state index < -0.39 is 0 Å². The van der Waals surface area contributed by atoms with Gasteiger partial charge in [-0.15, -0.1) is 0 Å². The molecule has 0 aliphatic carbocycles. The Bertz CT molecular complexity index is 1180. The number of rotatable bonds is 6. The topological polar surface area (TPSA) is 69.7 Å². The highest BCUT2D eigenvalue weighted by Gasteiger charge is 2.34. The van der Waals surface area contributed by atoms with Crippen molar-refractivity contribution in [3.05, 3.63) is 53.6 Å². The second kappa shape index (κ2) is 7.88. The number of hydrogen-bond acceptors (Lipinski definition) is 4. The van der Waals surface area contributed by atoms with Crippen molar-refractivity contribution in [1.29, 1.82) is 0 Å². The molecule has 0 saturated heterocycles. The minimum Gasteiger partial charge on any atom is -0.325 e. The van der Waals surface area contributed by atoms with Crippen molar-refractivity contribution in [2.75, 3.05) is 32.5 Å². The van der Waals surface area contributed by atoms with Gasteiger partial charge in [0.1, 0.15) is 0 Å². The first-order chi connectivity index (χ1) is 14.4. The van der Waals surface area contributed by atoms with Crippen LogP contribution >= 0.6 is 0 Å². The first kappa shape index (κ1) is 20.0. The summed E-state index contributed by atoms with van der Waals surface area (Å²) in [6, 6.07) is 13.1. The standard InChI is InChI=1S/C24H25N3O3/c1-4-7-19(28)25-18-11-6-9-16-14-15-8-5-10-17-20(15)22(21(16)18)24(30)27(23(17)29)13-12-26(2)3/h5-6,8-11,14H,4,7,12-13H2,1-3H3,(H,25,28). The van der Waals surface area contributed by atoms with Crippen LogP contribution in [0.5, 0.6) is 0 Å². The van der Waals surface area contributed by atoms with Gasteiger partial charge in [0.25, 0.3) is 11.8 Å². The summed E-state index contributed by atoms with van der Waals surface area (Å²) in [7, 11) is 3.81. The first-order valence-electron chi connectivity index (χ1n) is 10.2. The summed E-state index contributed by atoms with van der Waals surface area (Å²) in [5.41, 5.74) is 1.62. The second-order valence-electron chi connectivity index (χ2n) is 7.92. The van der Waals surface area contributed by atoms with Gasteiger partial charge in [0, 0.05) is 41.5 Å². The Kier molecular flexibility index (Phi) is 5.26. The van der Waals surface area contributed by atoms with Crippen LogP contribution in [-0.2, 0) is 4.79 Å².